The molecule has 10 heavy (non-hydrogen) atoms. The van der Waals surface area contributed by atoms with Crippen LogP contribution in [0.25, 0.3) is 0 Å². The zero-order valence-electron chi connectivity index (χ0n) is 8.82. The van der Waals surface area contributed by atoms with Gasteiger partial charge >= 0.3 is 34.7 Å². The molecule has 0 bridgehead atoms. The summed E-state index contributed by atoms with van der Waals surface area (Å²) < 4.78 is 0. The standard InChI is InChI=1S/8CH3.2Cr/h8*1H3;;/q8*-1;2*+4. The quantitative estimate of drug-likeness (QED) is 0.551. The Morgan fingerprint density at radius 1 is 0.200 bits per heavy atom. The van der Waals surface area contributed by atoms with E-state index < -0.39 is 0 Å². The van der Waals surface area contributed by atoms with Crippen molar-refractivity contribution in [2.45, 2.75) is 0 Å². The molecule has 0 aliphatic heterocycles. The van der Waals surface area contributed by atoms with Crippen molar-refractivity contribution in [2.24, 2.45) is 0 Å². The van der Waals surface area contributed by atoms with Gasteiger partial charge in [0.05, 0.1) is 0 Å². The van der Waals surface area contributed by atoms with Crippen LogP contribution in [0.2, 0.25) is 0 Å². The third-order valence-corrected chi connectivity index (χ3v) is 0. The van der Waals surface area contributed by atoms with Crippen LogP contribution >= 0.6 is 0 Å². The second-order valence-electron chi connectivity index (χ2n) is 0. The van der Waals surface area contributed by atoms with E-state index in [0.29, 0.717) is 0 Å². The fourth-order valence-electron chi connectivity index (χ4n) is 0. The van der Waals surface area contributed by atoms with E-state index in [1.807, 2.05) is 0 Å². The molecule has 0 aliphatic rings. The molecule has 0 saturated carbocycles. The van der Waals surface area contributed by atoms with Gasteiger partial charge < -0.3 is 59.4 Å². The van der Waals surface area contributed by atoms with Crippen LogP contribution in [0.1, 0.15) is 0 Å². The van der Waals surface area contributed by atoms with Gasteiger partial charge in [0.15, 0.2) is 0 Å². The molecule has 0 heterocycles. The molecule has 0 saturated heterocycles. The Kier molecular flexibility index (Phi) is 72100. The zero-order chi connectivity index (χ0) is 0. The van der Waals surface area contributed by atoms with Gasteiger partial charge in [0, 0.05) is 0 Å². The molecule has 0 radical (unpaired) electrons. The van der Waals surface area contributed by atoms with Crippen molar-refractivity contribution in [2.75, 3.05) is 0 Å². The summed E-state index contributed by atoms with van der Waals surface area (Å²) in [4.78, 5) is 0. The molecular formula is C8H24Cr2. The molecule has 0 N–H and O–H groups in total. The maximum atomic E-state index is 0. The van der Waals surface area contributed by atoms with Gasteiger partial charge in [-0.1, -0.05) is 0 Å². The van der Waals surface area contributed by atoms with E-state index in [1.165, 1.54) is 0 Å². The van der Waals surface area contributed by atoms with Gasteiger partial charge in [-0.25, -0.2) is 0 Å². The van der Waals surface area contributed by atoms with Gasteiger partial charge in [-0.2, -0.15) is 0 Å². The predicted molar refractivity (Wildman–Crippen MR) is 51.3 cm³/mol. The third kappa shape index (κ3) is 520. The van der Waals surface area contributed by atoms with E-state index in [1.54, 1.807) is 0 Å². The fraction of sp³-hybridized carbons (Fsp3) is 0. The summed E-state index contributed by atoms with van der Waals surface area (Å²) in [5.74, 6) is 0. The van der Waals surface area contributed by atoms with Crippen LogP contribution in [-0.2, 0) is 34.7 Å². The maximum Gasteiger partial charge on any atom is 4.00 e. The third-order valence-electron chi connectivity index (χ3n) is 0. The zero-order valence-corrected chi connectivity index (χ0v) is 11.4. The summed E-state index contributed by atoms with van der Waals surface area (Å²) in [6.45, 7) is 0. The Labute approximate surface area is 94.1 Å². The Hall–Kier alpha value is 1.06. The summed E-state index contributed by atoms with van der Waals surface area (Å²) >= 11 is 0. The molecule has 2 heteroatoms. The van der Waals surface area contributed by atoms with Crippen LogP contribution in [0, 0.1) is 59.4 Å². The number of hydrogen-bond acceptors (Lipinski definition) is 0. The maximum absolute atomic E-state index is 0. The Morgan fingerprint density at radius 3 is 0.200 bits per heavy atom. The second kappa shape index (κ2) is 729. The molecule has 0 atom stereocenters. The van der Waals surface area contributed by atoms with E-state index in [-0.39, 0.29) is 94.1 Å². The average Bonchev–Trinajstić information content (AvgIpc) is 0. The first kappa shape index (κ1) is 988. The smallest absolute Gasteiger partial charge is 0.358 e. The van der Waals surface area contributed by atoms with Crippen molar-refractivity contribution in [1.29, 1.82) is 0 Å². The molecule has 0 nitrogen and oxygen atoms in total. The summed E-state index contributed by atoms with van der Waals surface area (Å²) in [6, 6.07) is 0. The van der Waals surface area contributed by atoms with Crippen molar-refractivity contribution < 1.29 is 34.7 Å². The summed E-state index contributed by atoms with van der Waals surface area (Å²) in [5, 5.41) is 0. The van der Waals surface area contributed by atoms with Crippen molar-refractivity contribution in [3.63, 3.8) is 0 Å². The van der Waals surface area contributed by atoms with E-state index in [0.717, 1.165) is 0 Å². The number of hydrogen-bond donors (Lipinski definition) is 0. The van der Waals surface area contributed by atoms with Gasteiger partial charge in [0.25, 0.3) is 0 Å². The second-order valence-corrected chi connectivity index (χ2v) is 0. The summed E-state index contributed by atoms with van der Waals surface area (Å²) in [5.41, 5.74) is 0. The van der Waals surface area contributed by atoms with Crippen LogP contribution in [0.4, 0.5) is 0 Å². The van der Waals surface area contributed by atoms with Gasteiger partial charge in [0.1, 0.15) is 0 Å². The van der Waals surface area contributed by atoms with Gasteiger partial charge in [-0.15, -0.1) is 0 Å². The Bertz CT molecular complexity index is 7.22. The van der Waals surface area contributed by atoms with Crippen LogP contribution in [0.5, 0.6) is 0 Å². The van der Waals surface area contributed by atoms with Crippen LogP contribution < -0.4 is 0 Å². The fourth-order valence-corrected chi connectivity index (χ4v) is 0. The molecule has 0 aromatic rings. The molecule has 0 unspecified atom stereocenters. The predicted octanol–water partition coefficient (Wildman–Crippen LogP) is 3.60. The van der Waals surface area contributed by atoms with E-state index in [9.17, 15) is 0 Å². The van der Waals surface area contributed by atoms with Crippen molar-refractivity contribution in [1.82, 2.24) is 0 Å². The minimum absolute atomic E-state index is 0. The average molecular weight is 224 g/mol. The molecule has 0 amide bonds. The largest absolute Gasteiger partial charge is 4.00 e. The minimum Gasteiger partial charge on any atom is -0.358 e. The van der Waals surface area contributed by atoms with Gasteiger partial charge in [0.2, 0.25) is 0 Å². The molecule has 0 fully saturated rings. The van der Waals surface area contributed by atoms with Crippen molar-refractivity contribution >= 4 is 0 Å². The topological polar surface area (TPSA) is 0 Å². The van der Waals surface area contributed by atoms with Crippen molar-refractivity contribution in [3.05, 3.63) is 59.4 Å². The summed E-state index contributed by atoms with van der Waals surface area (Å²) in [7, 11) is 0. The molecule has 0 aliphatic carbocycles. The van der Waals surface area contributed by atoms with E-state index in [2.05, 4.69) is 0 Å². The molecule has 0 aromatic heterocycles. The Balaban J connectivity index is 0. The normalized spacial score (nSPS) is 0. The van der Waals surface area contributed by atoms with E-state index in [4.69, 9.17) is 0 Å². The first-order valence-electron chi connectivity index (χ1n) is 0. The minimum atomic E-state index is 0. The molecule has 0 rings (SSSR count). The molecular weight excluding hydrogens is 200 g/mol. The summed E-state index contributed by atoms with van der Waals surface area (Å²) in [6.07, 6.45) is 0. The van der Waals surface area contributed by atoms with Crippen LogP contribution in [-0.4, -0.2) is 0 Å². The first-order valence-corrected chi connectivity index (χ1v) is 0. The SMILES string of the molecule is [CH3-].[CH3-].[CH3-].[CH3-].[CH3-].[CH3-].[CH3-].[CH3-].[Cr+4].[Cr+4]. The van der Waals surface area contributed by atoms with E-state index >= 15 is 0 Å². The monoisotopic (exact) mass is 224 g/mol. The number of rotatable bonds is 0. The molecule has 0 spiro atoms. The molecule has 0 aromatic carbocycles. The van der Waals surface area contributed by atoms with Crippen LogP contribution in [0.3, 0.4) is 0 Å². The van der Waals surface area contributed by atoms with Crippen LogP contribution in [0.15, 0.2) is 0 Å². The van der Waals surface area contributed by atoms with Crippen molar-refractivity contribution in [3.8, 4) is 0 Å². The Morgan fingerprint density at radius 2 is 0.200 bits per heavy atom. The van der Waals surface area contributed by atoms with Gasteiger partial charge in [-0.05, 0) is 0 Å². The molecule has 68 valence electrons. The van der Waals surface area contributed by atoms with Gasteiger partial charge in [-0.3, -0.25) is 0 Å². The first-order chi connectivity index (χ1) is 0.